The molecule has 2 heterocycles. The third-order valence-corrected chi connectivity index (χ3v) is 2.36. The number of rotatable bonds is 3. The lowest BCUT2D eigenvalue weighted by atomic mass is 10.2. The van der Waals surface area contributed by atoms with E-state index in [0.29, 0.717) is 5.82 Å². The Morgan fingerprint density at radius 1 is 1.56 bits per heavy atom. The van der Waals surface area contributed by atoms with Gasteiger partial charge in [-0.15, -0.1) is 0 Å². The van der Waals surface area contributed by atoms with Gasteiger partial charge in [0.15, 0.2) is 5.82 Å². The number of aromatic nitrogens is 3. The molecule has 2 aromatic rings. The van der Waals surface area contributed by atoms with E-state index in [4.69, 9.17) is 5.73 Å². The normalized spacial score (nSPS) is 10.1. The Morgan fingerprint density at radius 2 is 2.33 bits per heavy atom. The van der Waals surface area contributed by atoms with Gasteiger partial charge in [0.05, 0.1) is 30.2 Å². The number of carbonyl (C=O) groups is 1. The van der Waals surface area contributed by atoms with E-state index >= 15 is 0 Å². The van der Waals surface area contributed by atoms with Gasteiger partial charge in [-0.2, -0.15) is 5.10 Å². The molecule has 7 heteroatoms. The summed E-state index contributed by atoms with van der Waals surface area (Å²) in [5.41, 5.74) is 7.12. The lowest BCUT2D eigenvalue weighted by Gasteiger charge is -2.09. The molecule has 18 heavy (non-hydrogen) atoms. The number of hydrogen-bond donors (Lipinski definition) is 2. The van der Waals surface area contributed by atoms with Crippen LogP contribution in [0, 0.1) is 0 Å². The van der Waals surface area contributed by atoms with Gasteiger partial charge in [0.2, 0.25) is 0 Å². The minimum absolute atomic E-state index is 0.244. The van der Waals surface area contributed by atoms with Gasteiger partial charge in [0, 0.05) is 19.4 Å². The largest absolute Gasteiger partial charge is 0.465 e. The molecule has 94 valence electrons. The van der Waals surface area contributed by atoms with Crippen molar-refractivity contribution in [3.05, 3.63) is 30.2 Å². The van der Waals surface area contributed by atoms with Crippen LogP contribution in [-0.2, 0) is 11.8 Å². The number of aryl methyl sites for hydroxylation is 1. The predicted octanol–water partition coefficient (Wildman–Crippen LogP) is 0.927. The molecule has 2 rings (SSSR count). The fourth-order valence-corrected chi connectivity index (χ4v) is 1.48. The molecule has 0 aromatic carbocycles. The molecule has 7 nitrogen and oxygen atoms in total. The van der Waals surface area contributed by atoms with Crippen LogP contribution < -0.4 is 11.1 Å². The summed E-state index contributed by atoms with van der Waals surface area (Å²) in [6.07, 6.45) is 4.89. The number of methoxy groups -OCH3 is 1. The maximum Gasteiger partial charge on any atom is 0.340 e. The molecule has 0 saturated heterocycles. The van der Waals surface area contributed by atoms with E-state index in [1.807, 2.05) is 0 Å². The smallest absolute Gasteiger partial charge is 0.340 e. The van der Waals surface area contributed by atoms with E-state index in [1.54, 1.807) is 24.1 Å². The summed E-state index contributed by atoms with van der Waals surface area (Å²) in [5, 5.41) is 7.00. The lowest BCUT2D eigenvalue weighted by molar-refractivity contribution is 0.0602. The summed E-state index contributed by atoms with van der Waals surface area (Å²) in [4.78, 5) is 15.5. The third-order valence-electron chi connectivity index (χ3n) is 2.36. The van der Waals surface area contributed by atoms with Gasteiger partial charge >= 0.3 is 5.97 Å². The molecule has 0 radical (unpaired) electrons. The number of nitrogens with two attached hydrogens (primary N) is 1. The molecule has 0 atom stereocenters. The van der Waals surface area contributed by atoms with E-state index in [0.717, 1.165) is 5.69 Å². The highest BCUT2D eigenvalue weighted by molar-refractivity contribution is 5.97. The van der Waals surface area contributed by atoms with E-state index in [2.05, 4.69) is 20.1 Å². The standard InChI is InChI=1S/C11H13N5O2/c1-16-6-7(5-14-16)15-10-9(12)8(3-4-13-10)11(17)18-2/h3-6H,12H2,1-2H3,(H,13,15). The average molecular weight is 247 g/mol. The number of nitrogen functional groups attached to an aromatic ring is 1. The minimum atomic E-state index is -0.496. The zero-order valence-electron chi connectivity index (χ0n) is 10.0. The quantitative estimate of drug-likeness (QED) is 0.783. The van der Waals surface area contributed by atoms with Crippen LogP contribution in [0.4, 0.5) is 17.2 Å². The number of hydrogen-bond acceptors (Lipinski definition) is 6. The van der Waals surface area contributed by atoms with Crippen LogP contribution in [0.3, 0.4) is 0 Å². The average Bonchev–Trinajstić information content (AvgIpc) is 2.76. The maximum atomic E-state index is 11.5. The Labute approximate surface area is 104 Å². The van der Waals surface area contributed by atoms with Crippen LogP contribution in [0.25, 0.3) is 0 Å². The van der Waals surface area contributed by atoms with Gasteiger partial charge in [0.1, 0.15) is 0 Å². The zero-order valence-corrected chi connectivity index (χ0v) is 10.0. The van der Waals surface area contributed by atoms with Gasteiger partial charge in [-0.25, -0.2) is 9.78 Å². The van der Waals surface area contributed by atoms with Gasteiger partial charge in [0.25, 0.3) is 0 Å². The number of pyridine rings is 1. The SMILES string of the molecule is COC(=O)c1ccnc(Nc2cnn(C)c2)c1N. The first-order valence-corrected chi connectivity index (χ1v) is 5.20. The molecule has 0 unspecified atom stereocenters. The van der Waals surface area contributed by atoms with Crippen molar-refractivity contribution >= 4 is 23.2 Å². The van der Waals surface area contributed by atoms with Crippen LogP contribution in [0.5, 0.6) is 0 Å². The van der Waals surface area contributed by atoms with Gasteiger partial charge in [-0.1, -0.05) is 0 Å². The highest BCUT2D eigenvalue weighted by Gasteiger charge is 2.14. The fraction of sp³-hybridized carbons (Fsp3) is 0.182. The Kier molecular flexibility index (Phi) is 3.13. The molecule has 0 amide bonds. The van der Waals surface area contributed by atoms with Crippen molar-refractivity contribution in [2.24, 2.45) is 7.05 Å². The predicted molar refractivity (Wildman–Crippen MR) is 66.5 cm³/mol. The minimum Gasteiger partial charge on any atom is -0.465 e. The fourth-order valence-electron chi connectivity index (χ4n) is 1.48. The highest BCUT2D eigenvalue weighted by Crippen LogP contribution is 2.23. The van der Waals surface area contributed by atoms with E-state index in [-0.39, 0.29) is 11.3 Å². The second kappa shape index (κ2) is 4.74. The molecule has 0 aliphatic heterocycles. The molecular formula is C11H13N5O2. The number of nitrogens with one attached hydrogen (secondary N) is 1. The van der Waals surface area contributed by atoms with Gasteiger partial charge in [-0.3, -0.25) is 4.68 Å². The number of nitrogens with zero attached hydrogens (tertiary/aromatic N) is 3. The van der Waals surface area contributed by atoms with Gasteiger partial charge < -0.3 is 15.8 Å². The van der Waals surface area contributed by atoms with Crippen LogP contribution in [0.15, 0.2) is 24.7 Å². The Hall–Kier alpha value is -2.57. The molecule has 0 saturated carbocycles. The topological polar surface area (TPSA) is 95.1 Å². The van der Waals surface area contributed by atoms with Crippen molar-refractivity contribution in [2.75, 3.05) is 18.2 Å². The molecular weight excluding hydrogens is 234 g/mol. The molecule has 0 bridgehead atoms. The van der Waals surface area contributed by atoms with Crippen LogP contribution >= 0.6 is 0 Å². The molecule has 0 aliphatic rings. The molecule has 2 aromatic heterocycles. The lowest BCUT2D eigenvalue weighted by Crippen LogP contribution is -2.08. The van der Waals surface area contributed by atoms with Crippen molar-refractivity contribution in [1.82, 2.24) is 14.8 Å². The van der Waals surface area contributed by atoms with Crippen molar-refractivity contribution < 1.29 is 9.53 Å². The first kappa shape index (κ1) is 11.9. The Bertz CT molecular complexity index is 579. The van der Waals surface area contributed by atoms with Crippen molar-refractivity contribution in [3.63, 3.8) is 0 Å². The van der Waals surface area contributed by atoms with Crippen molar-refractivity contribution in [1.29, 1.82) is 0 Å². The first-order valence-electron chi connectivity index (χ1n) is 5.20. The summed E-state index contributed by atoms with van der Waals surface area (Å²) in [6.45, 7) is 0. The second-order valence-corrected chi connectivity index (χ2v) is 3.64. The number of anilines is 3. The van der Waals surface area contributed by atoms with E-state index in [9.17, 15) is 4.79 Å². The van der Waals surface area contributed by atoms with Crippen LogP contribution in [0.2, 0.25) is 0 Å². The zero-order chi connectivity index (χ0) is 13.1. The highest BCUT2D eigenvalue weighted by atomic mass is 16.5. The first-order chi connectivity index (χ1) is 8.61. The molecule has 3 N–H and O–H groups in total. The summed E-state index contributed by atoms with van der Waals surface area (Å²) in [5.74, 6) is -0.102. The molecule has 0 spiro atoms. The monoisotopic (exact) mass is 247 g/mol. The van der Waals surface area contributed by atoms with Gasteiger partial charge in [-0.05, 0) is 6.07 Å². The molecule has 0 aliphatic carbocycles. The van der Waals surface area contributed by atoms with Crippen LogP contribution in [-0.4, -0.2) is 27.8 Å². The maximum absolute atomic E-state index is 11.5. The van der Waals surface area contributed by atoms with E-state index < -0.39 is 5.97 Å². The summed E-state index contributed by atoms with van der Waals surface area (Å²) in [7, 11) is 3.10. The summed E-state index contributed by atoms with van der Waals surface area (Å²) >= 11 is 0. The summed E-state index contributed by atoms with van der Waals surface area (Å²) < 4.78 is 6.28. The molecule has 0 fully saturated rings. The van der Waals surface area contributed by atoms with Crippen molar-refractivity contribution in [2.45, 2.75) is 0 Å². The number of esters is 1. The van der Waals surface area contributed by atoms with E-state index in [1.165, 1.54) is 19.4 Å². The number of ether oxygens (including phenoxy) is 1. The second-order valence-electron chi connectivity index (χ2n) is 3.64. The van der Waals surface area contributed by atoms with Crippen LogP contribution in [0.1, 0.15) is 10.4 Å². The number of carbonyl (C=O) groups excluding carboxylic acids is 1. The Balaban J connectivity index is 2.31. The van der Waals surface area contributed by atoms with Crippen molar-refractivity contribution in [3.8, 4) is 0 Å². The third kappa shape index (κ3) is 2.24. The Morgan fingerprint density at radius 3 is 2.94 bits per heavy atom. The summed E-state index contributed by atoms with van der Waals surface area (Å²) in [6, 6.07) is 1.51.